The summed E-state index contributed by atoms with van der Waals surface area (Å²) in [6, 6.07) is 2.74. The summed E-state index contributed by atoms with van der Waals surface area (Å²) >= 11 is 0. The molecule has 1 aromatic rings. The van der Waals surface area contributed by atoms with E-state index in [0.717, 1.165) is 37.3 Å². The number of nitrogens with one attached hydrogen (secondary N) is 2. The zero-order chi connectivity index (χ0) is 16.1. The number of rotatable bonds is 6. The van der Waals surface area contributed by atoms with Crippen LogP contribution in [0.5, 0.6) is 0 Å². The Labute approximate surface area is 133 Å². The number of aryl methyl sites for hydroxylation is 2. The first kappa shape index (κ1) is 17.0. The minimum Gasteiger partial charge on any atom is -0.353 e. The summed E-state index contributed by atoms with van der Waals surface area (Å²) in [6.45, 7) is 9.29. The Morgan fingerprint density at radius 2 is 2.18 bits per heavy atom. The zero-order valence-corrected chi connectivity index (χ0v) is 14.2. The number of piperidine rings is 1. The molecule has 1 fully saturated rings. The molecule has 0 unspecified atom stereocenters. The van der Waals surface area contributed by atoms with Crippen LogP contribution in [-0.2, 0) is 4.79 Å². The van der Waals surface area contributed by atoms with Gasteiger partial charge in [-0.25, -0.2) is 0 Å². The lowest BCUT2D eigenvalue weighted by Crippen LogP contribution is -2.45. The Morgan fingerprint density at radius 3 is 2.77 bits per heavy atom. The molecule has 0 aromatic carbocycles. The zero-order valence-electron chi connectivity index (χ0n) is 14.2. The quantitative estimate of drug-likeness (QED) is 0.818. The molecule has 2 rings (SSSR count). The molecule has 6 heteroatoms. The van der Waals surface area contributed by atoms with Crippen molar-refractivity contribution in [3.05, 3.63) is 17.5 Å². The molecule has 6 nitrogen and oxygen atoms in total. The largest absolute Gasteiger partial charge is 0.353 e. The molecule has 0 radical (unpaired) electrons. The van der Waals surface area contributed by atoms with Gasteiger partial charge >= 0.3 is 0 Å². The van der Waals surface area contributed by atoms with Gasteiger partial charge < -0.3 is 10.6 Å². The maximum atomic E-state index is 12.1. The molecule has 0 bridgehead atoms. The van der Waals surface area contributed by atoms with Crippen LogP contribution in [0.25, 0.3) is 0 Å². The highest BCUT2D eigenvalue weighted by Crippen LogP contribution is 2.11. The maximum absolute atomic E-state index is 12.1. The number of amides is 1. The van der Waals surface area contributed by atoms with Gasteiger partial charge in [-0.2, -0.15) is 5.10 Å². The van der Waals surface area contributed by atoms with E-state index in [1.807, 2.05) is 25.6 Å². The molecule has 2 heterocycles. The number of aromatic nitrogens is 2. The summed E-state index contributed by atoms with van der Waals surface area (Å²) < 4.78 is 1.98. The number of carbonyl (C=O) groups is 1. The monoisotopic (exact) mass is 307 g/mol. The minimum absolute atomic E-state index is 0.0920. The molecule has 1 aliphatic rings. The number of carbonyl (C=O) groups excluding carboxylic acids is 1. The number of hydrogen-bond acceptors (Lipinski definition) is 4. The van der Waals surface area contributed by atoms with E-state index in [4.69, 9.17) is 0 Å². The van der Waals surface area contributed by atoms with Gasteiger partial charge in [-0.15, -0.1) is 0 Å². The Balaban J connectivity index is 1.76. The van der Waals surface area contributed by atoms with Gasteiger partial charge in [0, 0.05) is 18.3 Å². The predicted octanol–water partition coefficient (Wildman–Crippen LogP) is 0.861. The summed E-state index contributed by atoms with van der Waals surface area (Å²) in [7, 11) is 2.04. The van der Waals surface area contributed by atoms with E-state index in [1.165, 1.54) is 0 Å². The number of hydrogen-bond donors (Lipinski definition) is 2. The van der Waals surface area contributed by atoms with Crippen LogP contribution in [-0.4, -0.2) is 59.9 Å². The van der Waals surface area contributed by atoms with Crippen LogP contribution < -0.4 is 10.6 Å². The Kier molecular flexibility index (Phi) is 5.97. The number of likely N-dealkylation sites (N-methyl/N-ethyl adjacent to an activating group) is 1. The van der Waals surface area contributed by atoms with Gasteiger partial charge in [-0.1, -0.05) is 0 Å². The van der Waals surface area contributed by atoms with E-state index >= 15 is 0 Å². The molecule has 22 heavy (non-hydrogen) atoms. The van der Waals surface area contributed by atoms with Crippen LogP contribution in [0.1, 0.15) is 37.2 Å². The summed E-state index contributed by atoms with van der Waals surface area (Å²) in [5, 5.41) is 10.9. The second-order valence-corrected chi connectivity index (χ2v) is 6.42. The highest BCUT2D eigenvalue weighted by molar-refractivity contribution is 5.78. The van der Waals surface area contributed by atoms with E-state index in [-0.39, 0.29) is 11.9 Å². The molecular weight excluding hydrogens is 278 g/mol. The Bertz CT molecular complexity index is 493. The van der Waals surface area contributed by atoms with Crippen molar-refractivity contribution in [1.29, 1.82) is 0 Å². The molecule has 0 saturated carbocycles. The van der Waals surface area contributed by atoms with Crippen LogP contribution in [0.15, 0.2) is 6.07 Å². The van der Waals surface area contributed by atoms with Crippen LogP contribution in [0.4, 0.5) is 0 Å². The highest BCUT2D eigenvalue weighted by atomic mass is 16.2. The lowest BCUT2D eigenvalue weighted by atomic mass is 10.1. The lowest BCUT2D eigenvalue weighted by Gasteiger charge is -2.31. The van der Waals surface area contributed by atoms with E-state index in [0.29, 0.717) is 19.1 Å². The van der Waals surface area contributed by atoms with E-state index < -0.39 is 0 Å². The molecular formula is C16H29N5O. The van der Waals surface area contributed by atoms with Gasteiger partial charge in [0.15, 0.2) is 0 Å². The van der Waals surface area contributed by atoms with Crippen LogP contribution >= 0.6 is 0 Å². The average Bonchev–Trinajstić information content (AvgIpc) is 2.84. The van der Waals surface area contributed by atoms with Gasteiger partial charge in [0.1, 0.15) is 0 Å². The minimum atomic E-state index is 0.0920. The van der Waals surface area contributed by atoms with Gasteiger partial charge in [0.2, 0.25) is 5.91 Å². The standard InChI is InChI=1S/C16H29N5O/c1-12-9-13(2)21(19-12)14(3)10-18-16(22)11-20(4)15-5-7-17-8-6-15/h9,14-15,17H,5-8,10-11H2,1-4H3,(H,18,22)/t14-/m1/s1. The first-order valence-corrected chi connectivity index (χ1v) is 8.17. The topological polar surface area (TPSA) is 62.2 Å². The third-order valence-corrected chi connectivity index (χ3v) is 4.38. The molecule has 1 aliphatic heterocycles. The predicted molar refractivity (Wildman–Crippen MR) is 87.9 cm³/mol. The average molecular weight is 307 g/mol. The molecule has 1 saturated heterocycles. The lowest BCUT2D eigenvalue weighted by molar-refractivity contribution is -0.122. The van der Waals surface area contributed by atoms with Crippen molar-refractivity contribution in [3.8, 4) is 0 Å². The molecule has 0 spiro atoms. The Hall–Kier alpha value is -1.40. The highest BCUT2D eigenvalue weighted by Gasteiger charge is 2.20. The van der Waals surface area contributed by atoms with Gasteiger partial charge in [-0.3, -0.25) is 14.4 Å². The molecule has 124 valence electrons. The second-order valence-electron chi connectivity index (χ2n) is 6.42. The third-order valence-electron chi connectivity index (χ3n) is 4.38. The van der Waals surface area contributed by atoms with Gasteiger partial charge in [-0.05, 0) is 59.8 Å². The molecule has 1 aromatic heterocycles. The maximum Gasteiger partial charge on any atom is 0.234 e. The van der Waals surface area contributed by atoms with Crippen molar-refractivity contribution in [2.75, 3.05) is 33.2 Å². The van der Waals surface area contributed by atoms with E-state index in [9.17, 15) is 4.79 Å². The van der Waals surface area contributed by atoms with Gasteiger partial charge in [0.25, 0.3) is 0 Å². The fourth-order valence-electron chi connectivity index (χ4n) is 3.10. The smallest absolute Gasteiger partial charge is 0.234 e. The third kappa shape index (κ3) is 4.55. The van der Waals surface area contributed by atoms with Crippen molar-refractivity contribution in [1.82, 2.24) is 25.3 Å². The number of nitrogens with zero attached hydrogens (tertiary/aromatic N) is 3. The van der Waals surface area contributed by atoms with Crippen molar-refractivity contribution in [2.24, 2.45) is 0 Å². The molecule has 0 aliphatic carbocycles. The summed E-state index contributed by atoms with van der Waals surface area (Å²) in [4.78, 5) is 14.3. The molecule has 1 atom stereocenters. The Morgan fingerprint density at radius 1 is 1.50 bits per heavy atom. The van der Waals surface area contributed by atoms with Crippen molar-refractivity contribution in [2.45, 2.75) is 45.7 Å². The first-order valence-electron chi connectivity index (χ1n) is 8.17. The van der Waals surface area contributed by atoms with Crippen molar-refractivity contribution in [3.63, 3.8) is 0 Å². The first-order chi connectivity index (χ1) is 10.5. The SMILES string of the molecule is Cc1cc(C)n([C@H](C)CNC(=O)CN(C)C2CCNCC2)n1. The van der Waals surface area contributed by atoms with Gasteiger partial charge in [0.05, 0.1) is 18.3 Å². The molecule has 2 N–H and O–H groups in total. The fraction of sp³-hybridized carbons (Fsp3) is 0.750. The van der Waals surface area contributed by atoms with E-state index in [1.54, 1.807) is 0 Å². The summed E-state index contributed by atoms with van der Waals surface area (Å²) in [5.41, 5.74) is 2.15. The second kappa shape index (κ2) is 7.74. The van der Waals surface area contributed by atoms with Crippen LogP contribution in [0.2, 0.25) is 0 Å². The van der Waals surface area contributed by atoms with Crippen LogP contribution in [0, 0.1) is 13.8 Å². The van der Waals surface area contributed by atoms with Crippen LogP contribution in [0.3, 0.4) is 0 Å². The fourth-order valence-corrected chi connectivity index (χ4v) is 3.10. The van der Waals surface area contributed by atoms with Crippen molar-refractivity contribution < 1.29 is 4.79 Å². The van der Waals surface area contributed by atoms with E-state index in [2.05, 4.69) is 33.6 Å². The molecule has 1 amide bonds. The normalized spacial score (nSPS) is 17.7. The summed E-state index contributed by atoms with van der Waals surface area (Å²) in [6.07, 6.45) is 2.23. The van der Waals surface area contributed by atoms with Crippen molar-refractivity contribution >= 4 is 5.91 Å². The summed E-state index contributed by atoms with van der Waals surface area (Å²) in [5.74, 6) is 0.0920.